The van der Waals surface area contributed by atoms with Gasteiger partial charge < -0.3 is 10.0 Å². The van der Waals surface area contributed by atoms with Crippen LogP contribution in [-0.2, 0) is 4.79 Å². The van der Waals surface area contributed by atoms with Gasteiger partial charge in [0.25, 0.3) is 0 Å². The average molecular weight is 183 g/mol. The SMILES string of the molecule is CC1(C(=O)N2CC[C@@H](CO)C2)CC1. The van der Waals surface area contributed by atoms with Crippen LogP contribution in [0.5, 0.6) is 0 Å². The maximum absolute atomic E-state index is 11.8. The smallest absolute Gasteiger partial charge is 0.228 e. The maximum Gasteiger partial charge on any atom is 0.228 e. The molecule has 0 aromatic carbocycles. The zero-order valence-corrected chi connectivity index (χ0v) is 8.12. The highest BCUT2D eigenvalue weighted by molar-refractivity contribution is 5.85. The summed E-state index contributed by atoms with van der Waals surface area (Å²) in [7, 11) is 0. The van der Waals surface area contributed by atoms with E-state index < -0.39 is 0 Å². The van der Waals surface area contributed by atoms with Crippen molar-refractivity contribution in [2.45, 2.75) is 26.2 Å². The topological polar surface area (TPSA) is 40.5 Å². The first-order chi connectivity index (χ1) is 6.15. The fourth-order valence-corrected chi connectivity index (χ4v) is 1.95. The third-order valence-corrected chi connectivity index (χ3v) is 3.35. The van der Waals surface area contributed by atoms with Crippen LogP contribution in [0.4, 0.5) is 0 Å². The van der Waals surface area contributed by atoms with Crippen molar-refractivity contribution in [1.82, 2.24) is 4.90 Å². The van der Waals surface area contributed by atoms with Crippen LogP contribution in [0.25, 0.3) is 0 Å². The summed E-state index contributed by atoms with van der Waals surface area (Å²) in [6.45, 7) is 3.88. The van der Waals surface area contributed by atoms with Gasteiger partial charge in [-0.3, -0.25) is 4.79 Å². The van der Waals surface area contributed by atoms with Gasteiger partial charge in [0, 0.05) is 31.0 Å². The minimum atomic E-state index is -0.0374. The van der Waals surface area contributed by atoms with Crippen molar-refractivity contribution >= 4 is 5.91 Å². The number of carbonyl (C=O) groups excluding carboxylic acids is 1. The number of nitrogens with zero attached hydrogens (tertiary/aromatic N) is 1. The molecule has 0 aromatic rings. The molecule has 2 rings (SSSR count). The number of likely N-dealkylation sites (tertiary alicyclic amines) is 1. The second-order valence-corrected chi connectivity index (χ2v) is 4.65. The number of carbonyl (C=O) groups is 1. The van der Waals surface area contributed by atoms with Gasteiger partial charge in [-0.15, -0.1) is 0 Å². The van der Waals surface area contributed by atoms with Gasteiger partial charge in [-0.2, -0.15) is 0 Å². The molecular formula is C10H17NO2. The Balaban J connectivity index is 1.92. The van der Waals surface area contributed by atoms with Gasteiger partial charge >= 0.3 is 0 Å². The number of hydrogen-bond acceptors (Lipinski definition) is 2. The highest BCUT2D eigenvalue weighted by Crippen LogP contribution is 2.47. The molecule has 0 bridgehead atoms. The molecule has 0 radical (unpaired) electrons. The van der Waals surface area contributed by atoms with E-state index in [1.165, 1.54) is 0 Å². The van der Waals surface area contributed by atoms with Gasteiger partial charge in [0.15, 0.2) is 0 Å². The summed E-state index contributed by atoms with van der Waals surface area (Å²) in [5.74, 6) is 0.634. The lowest BCUT2D eigenvalue weighted by molar-refractivity contribution is -0.135. The lowest BCUT2D eigenvalue weighted by Crippen LogP contribution is -2.34. The third kappa shape index (κ3) is 1.57. The summed E-state index contributed by atoms with van der Waals surface area (Å²) in [5, 5.41) is 8.95. The highest BCUT2D eigenvalue weighted by atomic mass is 16.3. The van der Waals surface area contributed by atoms with E-state index in [1.807, 2.05) is 11.8 Å². The van der Waals surface area contributed by atoms with Crippen LogP contribution in [-0.4, -0.2) is 35.6 Å². The summed E-state index contributed by atoms with van der Waals surface area (Å²) in [5.41, 5.74) is -0.0374. The fraction of sp³-hybridized carbons (Fsp3) is 0.900. The molecule has 0 aromatic heterocycles. The molecule has 3 heteroatoms. The van der Waals surface area contributed by atoms with E-state index in [0.717, 1.165) is 32.4 Å². The molecule has 1 saturated heterocycles. The Morgan fingerprint density at radius 2 is 2.31 bits per heavy atom. The molecule has 13 heavy (non-hydrogen) atoms. The molecule has 1 aliphatic heterocycles. The van der Waals surface area contributed by atoms with Gasteiger partial charge in [-0.1, -0.05) is 6.92 Å². The van der Waals surface area contributed by atoms with Crippen molar-refractivity contribution in [2.24, 2.45) is 11.3 Å². The molecule has 1 N–H and O–H groups in total. The van der Waals surface area contributed by atoms with Crippen LogP contribution in [0.15, 0.2) is 0 Å². The van der Waals surface area contributed by atoms with Gasteiger partial charge in [-0.25, -0.2) is 0 Å². The number of amides is 1. The molecule has 1 heterocycles. The molecule has 2 aliphatic rings. The number of aliphatic hydroxyl groups is 1. The highest BCUT2D eigenvalue weighted by Gasteiger charge is 2.48. The Bertz CT molecular complexity index is 223. The number of hydrogen-bond donors (Lipinski definition) is 1. The standard InChI is InChI=1S/C10H17NO2/c1-10(3-4-10)9(13)11-5-2-8(6-11)7-12/h8,12H,2-7H2,1H3/t8-/m1/s1. The minimum Gasteiger partial charge on any atom is -0.396 e. The van der Waals surface area contributed by atoms with Crippen LogP contribution in [0, 0.1) is 11.3 Å². The normalized spacial score (nSPS) is 30.6. The molecule has 1 amide bonds. The van der Waals surface area contributed by atoms with Crippen molar-refractivity contribution in [1.29, 1.82) is 0 Å². The second kappa shape index (κ2) is 2.98. The van der Waals surface area contributed by atoms with E-state index in [4.69, 9.17) is 5.11 Å². The molecule has 1 atom stereocenters. The van der Waals surface area contributed by atoms with E-state index in [0.29, 0.717) is 11.8 Å². The summed E-state index contributed by atoms with van der Waals surface area (Å²) in [4.78, 5) is 13.8. The molecular weight excluding hydrogens is 166 g/mol. The molecule has 0 unspecified atom stereocenters. The monoisotopic (exact) mass is 183 g/mol. The average Bonchev–Trinajstić information content (AvgIpc) is 2.71. The van der Waals surface area contributed by atoms with Crippen LogP contribution < -0.4 is 0 Å². The van der Waals surface area contributed by atoms with Crippen LogP contribution in [0.1, 0.15) is 26.2 Å². The lowest BCUT2D eigenvalue weighted by atomic mass is 10.1. The van der Waals surface area contributed by atoms with Gasteiger partial charge in [0.1, 0.15) is 0 Å². The first-order valence-corrected chi connectivity index (χ1v) is 5.06. The Kier molecular flexibility index (Phi) is 2.06. The van der Waals surface area contributed by atoms with E-state index in [2.05, 4.69) is 0 Å². The van der Waals surface area contributed by atoms with Crippen molar-refractivity contribution < 1.29 is 9.90 Å². The first kappa shape index (κ1) is 9.00. The van der Waals surface area contributed by atoms with Crippen molar-refractivity contribution in [2.75, 3.05) is 19.7 Å². The first-order valence-electron chi connectivity index (χ1n) is 5.06. The van der Waals surface area contributed by atoms with E-state index in [-0.39, 0.29) is 12.0 Å². The summed E-state index contributed by atoms with van der Waals surface area (Å²) in [6.07, 6.45) is 3.07. The number of rotatable bonds is 2. The predicted octanol–water partition coefficient (Wildman–Crippen LogP) is 0.627. The van der Waals surface area contributed by atoms with E-state index in [1.54, 1.807) is 0 Å². The maximum atomic E-state index is 11.8. The molecule has 1 aliphatic carbocycles. The predicted molar refractivity (Wildman–Crippen MR) is 49.1 cm³/mol. The third-order valence-electron chi connectivity index (χ3n) is 3.35. The zero-order chi connectivity index (χ0) is 9.47. The van der Waals surface area contributed by atoms with E-state index >= 15 is 0 Å². The fourth-order valence-electron chi connectivity index (χ4n) is 1.95. The second-order valence-electron chi connectivity index (χ2n) is 4.65. The van der Waals surface area contributed by atoms with Gasteiger partial charge in [0.05, 0.1) is 0 Å². The van der Waals surface area contributed by atoms with Gasteiger partial charge in [-0.05, 0) is 19.3 Å². The minimum absolute atomic E-state index is 0.0374. The van der Waals surface area contributed by atoms with E-state index in [9.17, 15) is 4.79 Å². The quantitative estimate of drug-likeness (QED) is 0.682. The van der Waals surface area contributed by atoms with Gasteiger partial charge in [0.2, 0.25) is 5.91 Å². The van der Waals surface area contributed by atoms with Crippen molar-refractivity contribution in [3.63, 3.8) is 0 Å². The Morgan fingerprint density at radius 3 is 2.77 bits per heavy atom. The largest absolute Gasteiger partial charge is 0.396 e. The summed E-state index contributed by atoms with van der Waals surface area (Å²) in [6, 6.07) is 0. The Labute approximate surface area is 78.7 Å². The Morgan fingerprint density at radius 1 is 1.62 bits per heavy atom. The Hall–Kier alpha value is -0.570. The summed E-state index contributed by atoms with van der Waals surface area (Å²) >= 11 is 0. The zero-order valence-electron chi connectivity index (χ0n) is 8.12. The van der Waals surface area contributed by atoms with Crippen molar-refractivity contribution in [3.05, 3.63) is 0 Å². The molecule has 2 fully saturated rings. The molecule has 74 valence electrons. The lowest BCUT2D eigenvalue weighted by Gasteiger charge is -2.20. The summed E-state index contributed by atoms with van der Waals surface area (Å²) < 4.78 is 0. The van der Waals surface area contributed by atoms with Crippen LogP contribution in [0.3, 0.4) is 0 Å². The number of aliphatic hydroxyl groups excluding tert-OH is 1. The molecule has 1 saturated carbocycles. The van der Waals surface area contributed by atoms with Crippen LogP contribution in [0.2, 0.25) is 0 Å². The van der Waals surface area contributed by atoms with Crippen LogP contribution >= 0.6 is 0 Å². The van der Waals surface area contributed by atoms with Crippen molar-refractivity contribution in [3.8, 4) is 0 Å². The molecule has 3 nitrogen and oxygen atoms in total. The molecule has 0 spiro atoms.